The number of carbonyl (C=O) groups is 2. The normalized spacial score (nSPS) is 12.3. The van der Waals surface area contributed by atoms with E-state index in [9.17, 15) is 9.59 Å². The van der Waals surface area contributed by atoms with Crippen LogP contribution in [0.25, 0.3) is 6.08 Å². The summed E-state index contributed by atoms with van der Waals surface area (Å²) in [5.74, 6) is -0.592. The largest absolute Gasteiger partial charge is 0.478 e. The highest BCUT2D eigenvalue weighted by Crippen LogP contribution is 2.11. The molecule has 0 aliphatic rings. The van der Waals surface area contributed by atoms with Crippen molar-refractivity contribution >= 4 is 18.0 Å². The van der Waals surface area contributed by atoms with Gasteiger partial charge in [-0.25, -0.2) is 4.79 Å². The Hall–Kier alpha value is -2.10. The summed E-state index contributed by atoms with van der Waals surface area (Å²) < 4.78 is 0. The molecule has 0 aliphatic heterocycles. The maximum Gasteiger partial charge on any atom is 0.328 e. The van der Waals surface area contributed by atoms with E-state index >= 15 is 0 Å². The average Bonchev–Trinajstić information content (AvgIpc) is 2.44. The summed E-state index contributed by atoms with van der Waals surface area (Å²) >= 11 is 0. The number of hydrogen-bond donors (Lipinski definition) is 1. The van der Waals surface area contributed by atoms with Crippen LogP contribution in [-0.4, -0.2) is 35.5 Å². The van der Waals surface area contributed by atoms with E-state index in [1.54, 1.807) is 36.2 Å². The lowest BCUT2D eigenvalue weighted by atomic mass is 10.1. The van der Waals surface area contributed by atoms with Crippen molar-refractivity contribution in [3.8, 4) is 0 Å². The number of carbonyl (C=O) groups excluding carboxylic acids is 1. The Morgan fingerprint density at radius 2 is 2.10 bits per heavy atom. The molecule has 1 rings (SSSR count). The van der Waals surface area contributed by atoms with Crippen molar-refractivity contribution in [3.05, 3.63) is 41.5 Å². The standard InChI is InChI=1S/C16H21NO3/c1-4-12(2)11-17(3)16(20)14-7-5-6-13(10-14)8-9-15(18)19/h5-10,12H,4,11H2,1-3H3,(H,18,19). The van der Waals surface area contributed by atoms with Gasteiger partial charge in [0.15, 0.2) is 0 Å². The molecule has 1 unspecified atom stereocenters. The van der Waals surface area contributed by atoms with Crippen LogP contribution in [0.2, 0.25) is 0 Å². The van der Waals surface area contributed by atoms with Gasteiger partial charge in [-0.15, -0.1) is 0 Å². The summed E-state index contributed by atoms with van der Waals surface area (Å²) in [6.07, 6.45) is 3.57. The molecule has 1 atom stereocenters. The quantitative estimate of drug-likeness (QED) is 0.812. The zero-order valence-electron chi connectivity index (χ0n) is 12.2. The fourth-order valence-corrected chi connectivity index (χ4v) is 1.84. The molecule has 0 fully saturated rings. The Kier molecular flexibility index (Phi) is 5.97. The first kappa shape index (κ1) is 16.0. The fourth-order valence-electron chi connectivity index (χ4n) is 1.84. The van der Waals surface area contributed by atoms with Crippen LogP contribution in [0.3, 0.4) is 0 Å². The van der Waals surface area contributed by atoms with Crippen LogP contribution in [0.4, 0.5) is 0 Å². The Balaban J connectivity index is 2.83. The van der Waals surface area contributed by atoms with Crippen molar-refractivity contribution in [1.29, 1.82) is 0 Å². The molecule has 0 spiro atoms. The van der Waals surface area contributed by atoms with Crippen LogP contribution in [0.1, 0.15) is 36.2 Å². The Bertz CT molecular complexity index is 508. The molecule has 0 saturated heterocycles. The molecule has 1 amide bonds. The van der Waals surface area contributed by atoms with Crippen molar-refractivity contribution in [2.24, 2.45) is 5.92 Å². The number of aliphatic carboxylic acids is 1. The monoisotopic (exact) mass is 275 g/mol. The number of carboxylic acid groups (broad SMARTS) is 1. The average molecular weight is 275 g/mol. The van der Waals surface area contributed by atoms with Crippen LogP contribution >= 0.6 is 0 Å². The van der Waals surface area contributed by atoms with Gasteiger partial charge in [-0.05, 0) is 29.7 Å². The third kappa shape index (κ3) is 4.88. The summed E-state index contributed by atoms with van der Waals surface area (Å²) in [6, 6.07) is 6.97. The summed E-state index contributed by atoms with van der Waals surface area (Å²) in [5.41, 5.74) is 1.28. The van der Waals surface area contributed by atoms with Gasteiger partial charge >= 0.3 is 5.97 Å². The first-order valence-electron chi connectivity index (χ1n) is 6.70. The maximum absolute atomic E-state index is 12.3. The van der Waals surface area contributed by atoms with Gasteiger partial charge in [0.1, 0.15) is 0 Å². The van der Waals surface area contributed by atoms with Crippen LogP contribution < -0.4 is 0 Å². The van der Waals surface area contributed by atoms with Gasteiger partial charge < -0.3 is 10.0 Å². The van der Waals surface area contributed by atoms with Gasteiger partial charge in [0.2, 0.25) is 0 Å². The third-order valence-electron chi connectivity index (χ3n) is 3.18. The van der Waals surface area contributed by atoms with Crippen LogP contribution in [0.5, 0.6) is 0 Å². The lowest BCUT2D eigenvalue weighted by Crippen LogP contribution is -2.30. The molecule has 0 radical (unpaired) electrons. The molecule has 4 nitrogen and oxygen atoms in total. The van der Waals surface area contributed by atoms with Crippen molar-refractivity contribution in [1.82, 2.24) is 4.90 Å². The molecule has 20 heavy (non-hydrogen) atoms. The van der Waals surface area contributed by atoms with E-state index in [0.717, 1.165) is 12.5 Å². The van der Waals surface area contributed by atoms with Gasteiger partial charge in [-0.1, -0.05) is 32.4 Å². The molecule has 0 bridgehead atoms. The highest BCUT2D eigenvalue weighted by molar-refractivity contribution is 5.95. The predicted octanol–water partition coefficient (Wildman–Crippen LogP) is 2.90. The summed E-state index contributed by atoms with van der Waals surface area (Å²) in [5, 5.41) is 8.61. The van der Waals surface area contributed by atoms with Crippen molar-refractivity contribution in [2.45, 2.75) is 20.3 Å². The minimum atomic E-state index is -1.00. The van der Waals surface area contributed by atoms with Gasteiger partial charge in [-0.3, -0.25) is 4.79 Å². The minimum absolute atomic E-state index is 0.0455. The highest BCUT2D eigenvalue weighted by Gasteiger charge is 2.13. The van der Waals surface area contributed by atoms with E-state index in [1.165, 1.54) is 6.08 Å². The second-order valence-corrected chi connectivity index (χ2v) is 5.00. The molecule has 108 valence electrons. The van der Waals surface area contributed by atoms with Crippen LogP contribution in [0.15, 0.2) is 30.3 Å². The van der Waals surface area contributed by atoms with E-state index in [0.29, 0.717) is 23.6 Å². The number of hydrogen-bond acceptors (Lipinski definition) is 2. The van der Waals surface area contributed by atoms with Crippen LogP contribution in [0, 0.1) is 5.92 Å². The maximum atomic E-state index is 12.3. The number of nitrogens with zero attached hydrogens (tertiary/aromatic N) is 1. The minimum Gasteiger partial charge on any atom is -0.478 e. The topological polar surface area (TPSA) is 57.6 Å². The Morgan fingerprint density at radius 3 is 2.70 bits per heavy atom. The molecule has 0 saturated carbocycles. The van der Waals surface area contributed by atoms with E-state index in [4.69, 9.17) is 5.11 Å². The smallest absolute Gasteiger partial charge is 0.328 e. The molecule has 4 heteroatoms. The molecule has 0 heterocycles. The molecular weight excluding hydrogens is 254 g/mol. The molecule has 0 aliphatic carbocycles. The summed E-state index contributed by atoms with van der Waals surface area (Å²) in [4.78, 5) is 24.5. The molecule has 1 aromatic rings. The van der Waals surface area contributed by atoms with Gasteiger partial charge in [0.25, 0.3) is 5.91 Å². The summed E-state index contributed by atoms with van der Waals surface area (Å²) in [6.45, 7) is 4.92. The lowest BCUT2D eigenvalue weighted by Gasteiger charge is -2.21. The first-order valence-corrected chi connectivity index (χ1v) is 6.70. The fraction of sp³-hybridized carbons (Fsp3) is 0.375. The van der Waals surface area contributed by atoms with E-state index in [-0.39, 0.29) is 5.91 Å². The molecular formula is C16H21NO3. The Labute approximate surface area is 119 Å². The van der Waals surface area contributed by atoms with Crippen molar-refractivity contribution in [2.75, 3.05) is 13.6 Å². The zero-order valence-corrected chi connectivity index (χ0v) is 12.2. The zero-order chi connectivity index (χ0) is 15.1. The lowest BCUT2D eigenvalue weighted by molar-refractivity contribution is -0.131. The Morgan fingerprint density at radius 1 is 1.40 bits per heavy atom. The predicted molar refractivity (Wildman–Crippen MR) is 79.5 cm³/mol. The van der Waals surface area contributed by atoms with E-state index < -0.39 is 5.97 Å². The highest BCUT2D eigenvalue weighted by atomic mass is 16.4. The number of carboxylic acids is 1. The van der Waals surface area contributed by atoms with Gasteiger partial charge in [-0.2, -0.15) is 0 Å². The SMILES string of the molecule is CCC(C)CN(C)C(=O)c1cccc(C=CC(=O)O)c1. The van der Waals surface area contributed by atoms with Crippen LogP contribution in [-0.2, 0) is 4.79 Å². The molecule has 1 aromatic carbocycles. The second kappa shape index (κ2) is 7.48. The third-order valence-corrected chi connectivity index (χ3v) is 3.18. The van der Waals surface area contributed by atoms with Gasteiger partial charge in [0, 0.05) is 25.2 Å². The molecule has 0 aromatic heterocycles. The first-order chi connectivity index (χ1) is 9.43. The van der Waals surface area contributed by atoms with Crippen molar-refractivity contribution < 1.29 is 14.7 Å². The van der Waals surface area contributed by atoms with Crippen molar-refractivity contribution in [3.63, 3.8) is 0 Å². The summed E-state index contributed by atoms with van der Waals surface area (Å²) in [7, 11) is 1.79. The van der Waals surface area contributed by atoms with E-state index in [2.05, 4.69) is 13.8 Å². The molecule has 1 N–H and O–H groups in total. The van der Waals surface area contributed by atoms with E-state index in [1.807, 2.05) is 0 Å². The number of amides is 1. The number of benzene rings is 1. The van der Waals surface area contributed by atoms with Gasteiger partial charge in [0.05, 0.1) is 0 Å². The second-order valence-electron chi connectivity index (χ2n) is 5.00. The number of rotatable bonds is 6.